The zero-order valence-corrected chi connectivity index (χ0v) is 19.4. The Morgan fingerprint density at radius 1 is 1.03 bits per heavy atom. The van der Waals surface area contributed by atoms with Gasteiger partial charge < -0.3 is 14.8 Å². The van der Waals surface area contributed by atoms with Crippen LogP contribution in [-0.4, -0.2) is 52.0 Å². The number of hydrogen-bond donors (Lipinski definition) is 1. The Morgan fingerprint density at radius 2 is 1.79 bits per heavy atom. The van der Waals surface area contributed by atoms with E-state index < -0.39 is 10.0 Å². The summed E-state index contributed by atoms with van der Waals surface area (Å²) in [6.45, 7) is 1.88. The second-order valence-corrected chi connectivity index (χ2v) is 9.84. The maximum atomic E-state index is 13.0. The van der Waals surface area contributed by atoms with Crippen LogP contribution < -0.4 is 10.1 Å². The number of benzene rings is 3. The molecule has 33 heavy (non-hydrogen) atoms. The van der Waals surface area contributed by atoms with E-state index in [0.717, 1.165) is 16.3 Å². The Kier molecular flexibility index (Phi) is 7.27. The summed E-state index contributed by atoms with van der Waals surface area (Å²) in [4.78, 5) is 12.8. The number of nitrogens with zero attached hydrogens (tertiary/aromatic N) is 1. The van der Waals surface area contributed by atoms with E-state index in [2.05, 4.69) is 5.32 Å². The molecule has 1 aliphatic rings. The second kappa shape index (κ2) is 10.3. The zero-order chi connectivity index (χ0) is 23.3. The number of methoxy groups -OCH3 is 1. The standard InChI is InChI=1S/C25H28N2O5S/c1-31-24-11-10-22(33(29,30)27-13-15-32-16-14-27)17-20(24)9-12-25(28)26-18-21-7-4-6-19-5-2-3-8-23(19)21/h2-8,10-11,17H,9,12-16,18H2,1H3,(H,26,28). The molecule has 1 N–H and O–H groups in total. The van der Waals surface area contributed by atoms with Crippen LogP contribution in [0.1, 0.15) is 17.5 Å². The number of rotatable bonds is 8. The maximum absolute atomic E-state index is 13.0. The van der Waals surface area contributed by atoms with E-state index in [9.17, 15) is 13.2 Å². The molecule has 4 rings (SSSR count). The quantitative estimate of drug-likeness (QED) is 0.549. The molecule has 0 unspecified atom stereocenters. The van der Waals surface area contributed by atoms with Crippen LogP contribution in [0, 0.1) is 0 Å². The minimum Gasteiger partial charge on any atom is -0.496 e. The minimum atomic E-state index is -3.62. The van der Waals surface area contributed by atoms with Gasteiger partial charge >= 0.3 is 0 Å². The lowest BCUT2D eigenvalue weighted by Crippen LogP contribution is -2.40. The number of hydrogen-bond acceptors (Lipinski definition) is 5. The van der Waals surface area contributed by atoms with Crippen molar-refractivity contribution in [2.24, 2.45) is 0 Å². The van der Waals surface area contributed by atoms with Crippen molar-refractivity contribution in [1.29, 1.82) is 0 Å². The molecule has 1 fully saturated rings. The summed E-state index contributed by atoms with van der Waals surface area (Å²) < 4.78 is 38.1. The number of fused-ring (bicyclic) bond motifs is 1. The van der Waals surface area contributed by atoms with E-state index in [1.54, 1.807) is 18.2 Å². The highest BCUT2D eigenvalue weighted by molar-refractivity contribution is 7.89. The second-order valence-electron chi connectivity index (χ2n) is 7.91. The molecule has 0 atom stereocenters. The van der Waals surface area contributed by atoms with Crippen molar-refractivity contribution in [3.63, 3.8) is 0 Å². The maximum Gasteiger partial charge on any atom is 0.243 e. The summed E-state index contributed by atoms with van der Waals surface area (Å²) in [7, 11) is -2.08. The summed E-state index contributed by atoms with van der Waals surface area (Å²) in [5.74, 6) is 0.462. The highest BCUT2D eigenvalue weighted by Crippen LogP contribution is 2.26. The highest BCUT2D eigenvalue weighted by atomic mass is 32.2. The lowest BCUT2D eigenvalue weighted by atomic mass is 10.0. The van der Waals surface area contributed by atoms with Crippen LogP contribution in [0.4, 0.5) is 0 Å². The number of carbonyl (C=O) groups is 1. The Hall–Kier alpha value is -2.94. The normalized spacial score (nSPS) is 14.8. The van der Waals surface area contributed by atoms with Gasteiger partial charge in [0.2, 0.25) is 15.9 Å². The van der Waals surface area contributed by atoms with Gasteiger partial charge in [-0.05, 0) is 46.5 Å². The zero-order valence-electron chi connectivity index (χ0n) is 18.6. The average Bonchev–Trinajstić information content (AvgIpc) is 2.86. The number of sulfonamides is 1. The van der Waals surface area contributed by atoms with Gasteiger partial charge in [0, 0.05) is 26.1 Å². The van der Waals surface area contributed by atoms with Gasteiger partial charge in [-0.1, -0.05) is 42.5 Å². The van der Waals surface area contributed by atoms with E-state index in [4.69, 9.17) is 9.47 Å². The van der Waals surface area contributed by atoms with E-state index in [1.807, 2.05) is 42.5 Å². The fraction of sp³-hybridized carbons (Fsp3) is 0.320. The van der Waals surface area contributed by atoms with Gasteiger partial charge in [-0.2, -0.15) is 4.31 Å². The lowest BCUT2D eigenvalue weighted by Gasteiger charge is -2.26. The van der Waals surface area contributed by atoms with Crippen LogP contribution in [-0.2, 0) is 32.5 Å². The van der Waals surface area contributed by atoms with Crippen LogP contribution in [0.5, 0.6) is 5.75 Å². The van der Waals surface area contributed by atoms with Gasteiger partial charge in [-0.3, -0.25) is 4.79 Å². The van der Waals surface area contributed by atoms with Gasteiger partial charge in [0.05, 0.1) is 25.2 Å². The molecular weight excluding hydrogens is 440 g/mol. The summed E-state index contributed by atoms with van der Waals surface area (Å²) in [6.07, 6.45) is 0.596. The molecule has 1 heterocycles. The molecule has 1 aliphatic heterocycles. The monoisotopic (exact) mass is 468 g/mol. The molecule has 174 valence electrons. The Bertz CT molecular complexity index is 1230. The molecule has 3 aromatic rings. The van der Waals surface area contributed by atoms with Crippen molar-refractivity contribution in [2.75, 3.05) is 33.4 Å². The van der Waals surface area contributed by atoms with E-state index >= 15 is 0 Å². The van der Waals surface area contributed by atoms with Crippen molar-refractivity contribution in [2.45, 2.75) is 24.3 Å². The molecule has 1 amide bonds. The van der Waals surface area contributed by atoms with Gasteiger partial charge in [0.1, 0.15) is 5.75 Å². The van der Waals surface area contributed by atoms with E-state index in [-0.39, 0.29) is 17.2 Å². The van der Waals surface area contributed by atoms with Crippen molar-refractivity contribution in [1.82, 2.24) is 9.62 Å². The fourth-order valence-electron chi connectivity index (χ4n) is 4.02. The number of aryl methyl sites for hydroxylation is 1. The third-order valence-electron chi connectivity index (χ3n) is 5.84. The van der Waals surface area contributed by atoms with Crippen LogP contribution in [0.25, 0.3) is 10.8 Å². The minimum absolute atomic E-state index is 0.105. The van der Waals surface area contributed by atoms with Gasteiger partial charge in [0.15, 0.2) is 0 Å². The van der Waals surface area contributed by atoms with Crippen LogP contribution >= 0.6 is 0 Å². The molecule has 8 heteroatoms. The SMILES string of the molecule is COc1ccc(S(=O)(=O)N2CCOCC2)cc1CCC(=O)NCc1cccc2ccccc12. The Labute approximate surface area is 194 Å². The first kappa shape index (κ1) is 23.2. The molecule has 0 saturated carbocycles. The van der Waals surface area contributed by atoms with E-state index in [1.165, 1.54) is 11.4 Å². The number of carbonyl (C=O) groups excluding carboxylic acids is 1. The van der Waals surface area contributed by atoms with Gasteiger partial charge in [-0.25, -0.2) is 8.42 Å². The topological polar surface area (TPSA) is 84.9 Å². The third kappa shape index (κ3) is 5.35. The summed E-state index contributed by atoms with van der Waals surface area (Å²) in [5, 5.41) is 5.22. The predicted octanol–water partition coefficient (Wildman–Crippen LogP) is 3.12. The lowest BCUT2D eigenvalue weighted by molar-refractivity contribution is -0.121. The Morgan fingerprint density at radius 3 is 2.58 bits per heavy atom. The van der Waals surface area contributed by atoms with Crippen molar-refractivity contribution < 1.29 is 22.7 Å². The van der Waals surface area contributed by atoms with Crippen molar-refractivity contribution in [3.05, 3.63) is 71.8 Å². The molecule has 1 saturated heterocycles. The highest BCUT2D eigenvalue weighted by Gasteiger charge is 2.27. The van der Waals surface area contributed by atoms with Crippen molar-refractivity contribution >= 4 is 26.7 Å². The van der Waals surface area contributed by atoms with Gasteiger partial charge in [0.25, 0.3) is 0 Å². The molecule has 0 aliphatic carbocycles. The molecule has 0 radical (unpaired) electrons. The van der Waals surface area contributed by atoms with Crippen LogP contribution in [0.2, 0.25) is 0 Å². The average molecular weight is 469 g/mol. The number of morpholine rings is 1. The van der Waals surface area contributed by atoms with Crippen molar-refractivity contribution in [3.8, 4) is 5.75 Å². The summed E-state index contributed by atoms with van der Waals surface area (Å²) >= 11 is 0. The predicted molar refractivity (Wildman–Crippen MR) is 127 cm³/mol. The molecule has 0 spiro atoms. The third-order valence-corrected chi connectivity index (χ3v) is 7.73. The molecule has 7 nitrogen and oxygen atoms in total. The summed E-state index contributed by atoms with van der Waals surface area (Å²) in [6, 6.07) is 18.9. The number of nitrogens with one attached hydrogen (secondary N) is 1. The first-order chi connectivity index (χ1) is 16.0. The molecule has 0 bridgehead atoms. The molecule has 0 aromatic heterocycles. The number of amides is 1. The first-order valence-corrected chi connectivity index (χ1v) is 12.4. The Balaban J connectivity index is 1.42. The van der Waals surface area contributed by atoms with Gasteiger partial charge in [-0.15, -0.1) is 0 Å². The molecule has 3 aromatic carbocycles. The smallest absolute Gasteiger partial charge is 0.243 e. The number of ether oxygens (including phenoxy) is 2. The van der Waals surface area contributed by atoms with Crippen LogP contribution in [0.15, 0.2) is 65.6 Å². The summed E-state index contributed by atoms with van der Waals surface area (Å²) in [5.41, 5.74) is 1.74. The van der Waals surface area contributed by atoms with E-state index in [0.29, 0.717) is 50.6 Å². The van der Waals surface area contributed by atoms with Crippen LogP contribution in [0.3, 0.4) is 0 Å². The first-order valence-electron chi connectivity index (χ1n) is 11.0. The fourth-order valence-corrected chi connectivity index (χ4v) is 5.48. The largest absolute Gasteiger partial charge is 0.496 e. The molecular formula is C25H28N2O5S.